The summed E-state index contributed by atoms with van der Waals surface area (Å²) in [6, 6.07) is 16.3. The van der Waals surface area contributed by atoms with Crippen molar-refractivity contribution in [1.82, 2.24) is 20.4 Å². The lowest BCUT2D eigenvalue weighted by Crippen LogP contribution is -3.00. The minimum absolute atomic E-state index is 0. The van der Waals surface area contributed by atoms with Crippen LogP contribution in [0, 0.1) is 12.8 Å². The van der Waals surface area contributed by atoms with Crippen LogP contribution in [0.25, 0.3) is 0 Å². The van der Waals surface area contributed by atoms with Crippen LogP contribution in [0.3, 0.4) is 0 Å². The molecule has 2 aromatic carbocycles. The lowest BCUT2D eigenvalue weighted by Gasteiger charge is -2.44. The normalized spacial score (nSPS) is 26.8. The number of hydrogen-bond donors (Lipinski definition) is 1. The van der Waals surface area contributed by atoms with Crippen molar-refractivity contribution in [3.8, 4) is 11.5 Å². The van der Waals surface area contributed by atoms with Crippen LogP contribution in [0.1, 0.15) is 54.1 Å². The molecule has 37 heavy (non-hydrogen) atoms. The Bertz CT molecular complexity index is 1250. The zero-order valence-electron chi connectivity index (χ0n) is 21.2. The molecule has 0 bridgehead atoms. The molecule has 2 fully saturated rings. The molecular weight excluding hydrogens is 492 g/mol. The summed E-state index contributed by atoms with van der Waals surface area (Å²) >= 11 is 0. The number of para-hydroxylation sites is 1. The molecule has 196 valence electrons. The SMILES string of the molecule is COc1cccc2c1OCC[C@]21CNC[C@H]1C(=O)N1CC[C@@H](c2ccccc2)C[C@H]1c1nc(C)no1.[Cl-]. The summed E-state index contributed by atoms with van der Waals surface area (Å²) in [5, 5.41) is 7.58. The smallest absolute Gasteiger partial charge is 0.249 e. The molecule has 1 aromatic heterocycles. The van der Waals surface area contributed by atoms with E-state index in [-0.39, 0.29) is 35.7 Å². The Labute approximate surface area is 223 Å². The molecule has 3 aromatic rings. The minimum Gasteiger partial charge on any atom is -1.00 e. The van der Waals surface area contributed by atoms with Crippen molar-refractivity contribution < 1.29 is 31.2 Å². The van der Waals surface area contributed by atoms with Crippen LogP contribution in [0.5, 0.6) is 11.5 Å². The van der Waals surface area contributed by atoms with Gasteiger partial charge in [-0.25, -0.2) is 0 Å². The van der Waals surface area contributed by atoms with E-state index in [9.17, 15) is 4.79 Å². The van der Waals surface area contributed by atoms with Crippen LogP contribution in [0.2, 0.25) is 0 Å². The zero-order chi connectivity index (χ0) is 24.7. The second-order valence-electron chi connectivity index (χ2n) is 10.1. The molecule has 0 radical (unpaired) electrons. The van der Waals surface area contributed by atoms with Gasteiger partial charge in [0.05, 0.1) is 19.6 Å². The third-order valence-corrected chi connectivity index (χ3v) is 8.27. The van der Waals surface area contributed by atoms with Crippen molar-refractivity contribution in [2.45, 2.75) is 43.6 Å². The number of aryl methyl sites for hydroxylation is 1. The second-order valence-corrected chi connectivity index (χ2v) is 10.1. The maximum Gasteiger partial charge on any atom is 0.249 e. The average Bonchev–Trinajstić information content (AvgIpc) is 3.55. The molecule has 8 nitrogen and oxygen atoms in total. The van der Waals surface area contributed by atoms with E-state index < -0.39 is 0 Å². The standard InChI is InChI=1S/C28H32N4O4.ClH/c1-18-30-26(36-31-18)23-15-20(19-7-4-3-5-8-19)11-13-32(23)27(33)22-16-29-17-28(22)12-14-35-25-21(28)9-6-10-24(25)34-2;/h3-10,20,22-23,29H,11-17H2,1-2H3;1H/p-1/t20-,22+,23+,28+;/m1./s1. The van der Waals surface area contributed by atoms with Crippen LogP contribution in [-0.4, -0.2) is 54.3 Å². The van der Waals surface area contributed by atoms with Gasteiger partial charge < -0.3 is 36.6 Å². The molecule has 9 heteroatoms. The highest BCUT2D eigenvalue weighted by molar-refractivity contribution is 5.82. The van der Waals surface area contributed by atoms with Gasteiger partial charge in [-0.3, -0.25) is 4.79 Å². The summed E-state index contributed by atoms with van der Waals surface area (Å²) in [5.74, 6) is 2.85. The summed E-state index contributed by atoms with van der Waals surface area (Å²) in [5.41, 5.74) is 2.00. The molecule has 3 aliphatic heterocycles. The first-order valence-electron chi connectivity index (χ1n) is 12.8. The van der Waals surface area contributed by atoms with Gasteiger partial charge in [0.2, 0.25) is 11.8 Å². The third-order valence-electron chi connectivity index (χ3n) is 8.27. The van der Waals surface area contributed by atoms with Gasteiger partial charge in [0.25, 0.3) is 0 Å². The fourth-order valence-corrected chi connectivity index (χ4v) is 6.45. The first kappa shape index (κ1) is 25.5. The molecule has 4 atom stereocenters. The predicted octanol–water partition coefficient (Wildman–Crippen LogP) is 0.778. The monoisotopic (exact) mass is 523 g/mol. The highest BCUT2D eigenvalue weighted by Crippen LogP contribution is 2.50. The van der Waals surface area contributed by atoms with Crippen LogP contribution >= 0.6 is 0 Å². The number of rotatable bonds is 4. The van der Waals surface area contributed by atoms with Gasteiger partial charge in [-0.15, -0.1) is 0 Å². The van der Waals surface area contributed by atoms with Gasteiger partial charge in [0, 0.05) is 30.6 Å². The molecule has 0 saturated carbocycles. The zero-order valence-corrected chi connectivity index (χ0v) is 21.9. The van der Waals surface area contributed by atoms with Gasteiger partial charge in [0.1, 0.15) is 6.04 Å². The number of piperidine rings is 1. The number of likely N-dealkylation sites (tertiary alicyclic amines) is 1. The first-order valence-corrected chi connectivity index (χ1v) is 12.8. The summed E-state index contributed by atoms with van der Waals surface area (Å²) in [4.78, 5) is 21.0. The van der Waals surface area contributed by atoms with Crippen LogP contribution < -0.4 is 27.2 Å². The van der Waals surface area contributed by atoms with Crippen molar-refractivity contribution in [3.63, 3.8) is 0 Å². The van der Waals surface area contributed by atoms with Crippen LogP contribution in [-0.2, 0) is 10.2 Å². The van der Waals surface area contributed by atoms with Crippen molar-refractivity contribution in [1.29, 1.82) is 0 Å². The Kier molecular flexibility index (Phi) is 7.14. The second kappa shape index (κ2) is 10.3. The van der Waals surface area contributed by atoms with Crippen molar-refractivity contribution in [3.05, 3.63) is 71.4 Å². The van der Waals surface area contributed by atoms with E-state index in [1.807, 2.05) is 30.0 Å². The van der Waals surface area contributed by atoms with Crippen molar-refractivity contribution in [2.75, 3.05) is 33.4 Å². The van der Waals surface area contributed by atoms with Gasteiger partial charge in [0.15, 0.2) is 17.3 Å². The summed E-state index contributed by atoms with van der Waals surface area (Å²) in [6.07, 6.45) is 2.44. The number of halogens is 1. The number of nitrogens with zero attached hydrogens (tertiary/aromatic N) is 3. The van der Waals surface area contributed by atoms with Crippen LogP contribution in [0.15, 0.2) is 53.1 Å². The summed E-state index contributed by atoms with van der Waals surface area (Å²) in [7, 11) is 1.66. The van der Waals surface area contributed by atoms with E-state index in [0.717, 1.165) is 37.1 Å². The summed E-state index contributed by atoms with van der Waals surface area (Å²) in [6.45, 7) is 4.39. The van der Waals surface area contributed by atoms with Crippen molar-refractivity contribution in [2.24, 2.45) is 5.92 Å². The maximum atomic E-state index is 14.4. The Morgan fingerprint density at radius 3 is 2.78 bits per heavy atom. The number of aromatic nitrogens is 2. The molecule has 4 heterocycles. The molecule has 3 aliphatic rings. The number of amides is 1. The van der Waals surface area contributed by atoms with E-state index in [1.165, 1.54) is 5.56 Å². The number of ether oxygens (including phenoxy) is 2. The largest absolute Gasteiger partial charge is 1.00 e. The quantitative estimate of drug-likeness (QED) is 0.540. The number of carbonyl (C=O) groups is 1. The molecule has 6 rings (SSSR count). The number of nitrogens with one attached hydrogen (secondary N) is 1. The molecule has 0 aliphatic carbocycles. The number of methoxy groups -OCH3 is 1. The van der Waals surface area contributed by atoms with E-state index >= 15 is 0 Å². The van der Waals surface area contributed by atoms with Crippen LogP contribution in [0.4, 0.5) is 0 Å². The number of benzene rings is 2. The Morgan fingerprint density at radius 2 is 2.03 bits per heavy atom. The van der Waals surface area contributed by atoms with E-state index in [1.54, 1.807) is 7.11 Å². The third kappa shape index (κ3) is 4.36. The number of fused-ring (bicyclic) bond motifs is 2. The Balaban J connectivity index is 0.00000280. The average molecular weight is 524 g/mol. The van der Waals surface area contributed by atoms with E-state index in [4.69, 9.17) is 14.0 Å². The number of carbonyl (C=O) groups excluding carboxylic acids is 1. The highest BCUT2D eigenvalue weighted by atomic mass is 35.5. The topological polar surface area (TPSA) is 89.7 Å². The molecular formula is C28H32ClN4O4-. The highest BCUT2D eigenvalue weighted by Gasteiger charge is 2.53. The fourth-order valence-electron chi connectivity index (χ4n) is 6.45. The summed E-state index contributed by atoms with van der Waals surface area (Å²) < 4.78 is 17.3. The molecule has 2 saturated heterocycles. The lowest BCUT2D eigenvalue weighted by molar-refractivity contribution is -0.142. The van der Waals surface area contributed by atoms with Gasteiger partial charge in [-0.1, -0.05) is 47.6 Å². The molecule has 0 unspecified atom stereocenters. The molecule has 1 N–H and O–H groups in total. The minimum atomic E-state index is -0.342. The van der Waals surface area contributed by atoms with Gasteiger partial charge >= 0.3 is 0 Å². The van der Waals surface area contributed by atoms with Gasteiger partial charge in [-0.2, -0.15) is 4.98 Å². The fraction of sp³-hybridized carbons (Fsp3) is 0.464. The molecule has 1 amide bonds. The van der Waals surface area contributed by atoms with E-state index in [0.29, 0.717) is 43.1 Å². The maximum absolute atomic E-state index is 14.4. The first-order chi connectivity index (χ1) is 17.6. The predicted molar refractivity (Wildman–Crippen MR) is 133 cm³/mol. The van der Waals surface area contributed by atoms with E-state index in [2.05, 4.69) is 45.8 Å². The Morgan fingerprint density at radius 1 is 1.19 bits per heavy atom. The van der Waals surface area contributed by atoms with Crippen molar-refractivity contribution >= 4 is 5.91 Å². The number of hydrogen-bond acceptors (Lipinski definition) is 7. The Hall–Kier alpha value is -3.10. The lowest BCUT2D eigenvalue weighted by atomic mass is 9.68. The molecule has 1 spiro atoms. The van der Waals surface area contributed by atoms with Gasteiger partial charge in [-0.05, 0) is 43.7 Å².